The van der Waals surface area contributed by atoms with E-state index in [0.29, 0.717) is 51.9 Å². The number of aromatic nitrogens is 8. The fourth-order valence-electron chi connectivity index (χ4n) is 6.81. The number of amides is 2. The number of imidazole rings is 2. The fraction of sp³-hybridized carbons (Fsp3) is 0.279. The van der Waals surface area contributed by atoms with Crippen molar-refractivity contribution < 1.29 is 46.7 Å². The van der Waals surface area contributed by atoms with E-state index < -0.39 is 42.8 Å². The maximum Gasteiger partial charge on any atom is 0.338 e. The molecule has 0 radical (unpaired) electrons. The van der Waals surface area contributed by atoms with Crippen LogP contribution in [0.25, 0.3) is 22.3 Å². The minimum absolute atomic E-state index is 0.0301. The van der Waals surface area contributed by atoms with Gasteiger partial charge in [0.2, 0.25) is 2.86 Å². The third-order valence-electron chi connectivity index (χ3n) is 9.85. The van der Waals surface area contributed by atoms with Gasteiger partial charge in [0.05, 0.1) is 37.5 Å². The van der Waals surface area contributed by atoms with E-state index in [9.17, 15) is 19.5 Å². The average Bonchev–Trinajstić information content (AvgIpc) is 4.18. The van der Waals surface area contributed by atoms with E-state index in [0.717, 1.165) is 0 Å². The van der Waals surface area contributed by atoms with E-state index in [2.05, 4.69) is 50.8 Å². The second-order valence-electron chi connectivity index (χ2n) is 13.7. The summed E-state index contributed by atoms with van der Waals surface area (Å²) < 4.78 is 46.3. The molecule has 2 amide bonds. The Morgan fingerprint density at radius 1 is 0.677 bits per heavy atom. The number of hydrogen-bond acceptors (Lipinski definition) is 15. The van der Waals surface area contributed by atoms with Gasteiger partial charge in [-0.2, -0.15) is 0 Å². The standard InChI is InChI=1S/C24H21N5O5.C17H17N5O4.2CH4/c30-12-18-17(34-24(32)16-9-5-2-6-10-16)11-19(33-18)29-14-27-20-21(25-13-26-22(20)29)28-23(31)15-7-3-1-4-8-15;23-7-12-11(24)6-13(26-12)22-9-20-14-15(18-8-19-16(14)22)21-17(25)10-4-2-1-3-5-10;;/h1-10,13-14,17-19,30H,11-12H2,(H,25,26,28,31);1-5,8-9,11-13,23-24H,6-7H2,(H,18,19,21,25);2*1H4/t17?,18-,19-;11?,12-,13-;;/m11../s1/i30D;23D;2*1T. The highest BCUT2D eigenvalue weighted by molar-refractivity contribution is 6.07. The topological polar surface area (TPSA) is 251 Å². The number of carbonyl (C=O) groups excluding carboxylic acids is 3. The predicted molar refractivity (Wildman–Crippen MR) is 226 cm³/mol. The highest BCUT2D eigenvalue weighted by atomic mass is 16.6. The normalized spacial score (nSPS) is 21.0. The van der Waals surface area contributed by atoms with Gasteiger partial charge in [0.15, 0.2) is 34.0 Å². The molecule has 2 saturated heterocycles. The van der Waals surface area contributed by atoms with Gasteiger partial charge in [-0.15, -0.1) is 0 Å². The van der Waals surface area contributed by atoms with Gasteiger partial charge in [-0.1, -0.05) is 69.4 Å². The maximum absolute atomic E-state index is 12.6. The molecule has 19 heteroatoms. The monoisotopic (exact) mass is 852 g/mol. The number of aliphatic hydroxyl groups excluding tert-OH is 3. The SMILES string of the molecule is [2H]OC[C@H]1O[C@@H](n2cnc3c(NC(=O)c4ccccc4)ncnc32)CC1O.[2H]OC[C@H]1O[C@@H](n2cnc3c(NC(=O)c4ccccc4)ncnc32)CC1OC(=O)c1ccccc1.[3H]C.[3H]C. The summed E-state index contributed by atoms with van der Waals surface area (Å²) in [5.74, 6) is -0.558. The molecule has 0 aliphatic carbocycles. The number of carbonyl (C=O) groups is 3. The summed E-state index contributed by atoms with van der Waals surface area (Å²) in [6.07, 6.45) is 2.60. The van der Waals surface area contributed by atoms with Gasteiger partial charge in [0.1, 0.15) is 43.4 Å². The van der Waals surface area contributed by atoms with Crippen LogP contribution in [0.4, 0.5) is 11.6 Å². The van der Waals surface area contributed by atoms with Crippen LogP contribution in [-0.2, 0) is 14.2 Å². The van der Waals surface area contributed by atoms with Gasteiger partial charge in [-0.25, -0.2) is 34.7 Å². The van der Waals surface area contributed by atoms with Crippen molar-refractivity contribution in [2.24, 2.45) is 0 Å². The summed E-state index contributed by atoms with van der Waals surface area (Å²) in [6, 6.07) is 26.2. The number of nitrogens with one attached hydrogen (secondary N) is 2. The molecular formula is C43H46N10O9. The van der Waals surface area contributed by atoms with Gasteiger partial charge in [0.25, 0.3) is 11.8 Å². The third-order valence-corrected chi connectivity index (χ3v) is 9.85. The first-order chi connectivity index (χ1) is 32.3. The highest BCUT2D eigenvalue weighted by Gasteiger charge is 2.40. The van der Waals surface area contributed by atoms with Crippen molar-refractivity contribution >= 4 is 51.7 Å². The molecule has 2 unspecified atom stereocenters. The fourth-order valence-corrected chi connectivity index (χ4v) is 6.81. The van der Waals surface area contributed by atoms with E-state index in [4.69, 9.17) is 19.8 Å². The molecule has 9 rings (SSSR count). The minimum atomic E-state index is -0.753. The summed E-state index contributed by atoms with van der Waals surface area (Å²) in [7, 11) is 2.50. The lowest BCUT2D eigenvalue weighted by Gasteiger charge is -2.16. The lowest BCUT2D eigenvalue weighted by atomic mass is 10.1. The van der Waals surface area contributed by atoms with E-state index in [1.165, 1.54) is 40.1 Å². The smallest absolute Gasteiger partial charge is 0.338 e. The number of ether oxygens (including phenoxy) is 3. The van der Waals surface area contributed by atoms with E-state index in [1.807, 2.05) is 18.2 Å². The summed E-state index contributed by atoms with van der Waals surface area (Å²) in [5.41, 5.74) is 3.12. The molecule has 62 heavy (non-hydrogen) atoms. The number of hydrogen-bond donors (Lipinski definition) is 5. The second-order valence-corrected chi connectivity index (χ2v) is 13.7. The van der Waals surface area contributed by atoms with Crippen molar-refractivity contribution in [1.29, 1.82) is 2.86 Å². The number of benzene rings is 3. The predicted octanol–water partition coefficient (Wildman–Crippen LogP) is 4.58. The molecule has 322 valence electrons. The highest BCUT2D eigenvalue weighted by Crippen LogP contribution is 2.34. The number of nitrogens with zero attached hydrogens (tertiary/aromatic N) is 8. The molecule has 4 aromatic heterocycles. The maximum atomic E-state index is 12.6. The van der Waals surface area contributed by atoms with Crippen LogP contribution in [0.1, 0.15) is 73.9 Å². The zero-order valence-corrected chi connectivity index (χ0v) is 33.6. The molecular weight excluding hydrogens is 801 g/mol. The Balaban J connectivity index is 0.000000209. The van der Waals surface area contributed by atoms with Crippen LogP contribution in [0.5, 0.6) is 0 Å². The molecule has 0 spiro atoms. The summed E-state index contributed by atoms with van der Waals surface area (Å²) in [5, 5.41) is 24.4. The van der Waals surface area contributed by atoms with Crippen molar-refractivity contribution in [3.8, 4) is 0 Å². The first kappa shape index (κ1) is 39.1. The number of fused-ring (bicyclic) bond motifs is 2. The van der Waals surface area contributed by atoms with Crippen LogP contribution in [0, 0.1) is 0 Å². The molecule has 7 aromatic rings. The molecule has 3 aromatic carbocycles. The van der Waals surface area contributed by atoms with Crippen molar-refractivity contribution in [3.63, 3.8) is 0 Å². The van der Waals surface area contributed by atoms with E-state index in [-0.39, 0.29) is 36.7 Å². The van der Waals surface area contributed by atoms with Crippen LogP contribution < -0.4 is 10.6 Å². The van der Waals surface area contributed by atoms with Gasteiger partial charge in [0, 0.05) is 26.7 Å². The minimum Gasteiger partial charge on any atom is -0.456 e. The van der Waals surface area contributed by atoms with Gasteiger partial charge in [-0.3, -0.25) is 18.7 Å². The Morgan fingerprint density at radius 3 is 1.63 bits per heavy atom. The number of esters is 1. The van der Waals surface area contributed by atoms with Crippen molar-refractivity contribution in [2.45, 2.75) is 64.5 Å². The van der Waals surface area contributed by atoms with Crippen LogP contribution in [-0.4, -0.2) is 113 Å². The quantitative estimate of drug-likeness (QED) is 0.106. The molecule has 0 saturated carbocycles. The Labute approximate surface area is 361 Å². The van der Waals surface area contributed by atoms with Crippen LogP contribution >= 0.6 is 0 Å². The third kappa shape index (κ3) is 9.46. The van der Waals surface area contributed by atoms with Crippen LogP contribution in [0.15, 0.2) is 116 Å². The van der Waals surface area contributed by atoms with Crippen molar-refractivity contribution in [1.82, 2.24) is 39.0 Å². The first-order valence-electron chi connectivity index (χ1n) is 21.6. The summed E-state index contributed by atoms with van der Waals surface area (Å²) in [4.78, 5) is 63.1. The van der Waals surface area contributed by atoms with Crippen LogP contribution in [0.2, 0.25) is 0 Å². The zero-order valence-electron chi connectivity index (χ0n) is 37.6. The molecule has 19 nitrogen and oxygen atoms in total. The largest absolute Gasteiger partial charge is 0.456 e. The Kier molecular flexibility index (Phi) is 12.6. The molecule has 6 atom stereocenters. The second kappa shape index (κ2) is 20.0. The Bertz CT molecular complexity index is 2650. The van der Waals surface area contributed by atoms with Crippen LogP contribution in [0.3, 0.4) is 0 Å². The van der Waals surface area contributed by atoms with Gasteiger partial charge in [-0.05, 0) is 36.4 Å². The molecule has 2 fully saturated rings. The molecule has 2 aliphatic heterocycles. The molecule has 6 heterocycles. The zero-order chi connectivity index (χ0) is 47.0. The molecule has 2 aliphatic rings. The van der Waals surface area contributed by atoms with E-state index in [1.54, 1.807) is 81.9 Å². The lowest BCUT2D eigenvalue weighted by Crippen LogP contribution is -2.30. The first-order valence-corrected chi connectivity index (χ1v) is 18.8. The number of anilines is 2. The van der Waals surface area contributed by atoms with Crippen molar-refractivity contribution in [2.75, 3.05) is 23.8 Å². The van der Waals surface area contributed by atoms with Gasteiger partial charge < -0.3 is 40.2 Å². The lowest BCUT2D eigenvalue weighted by molar-refractivity contribution is -0.0500. The summed E-state index contributed by atoms with van der Waals surface area (Å²) in [6.45, 7) is -0.110. The summed E-state index contributed by atoms with van der Waals surface area (Å²) >= 11 is 0. The average molecular weight is 853 g/mol. The van der Waals surface area contributed by atoms with Crippen molar-refractivity contribution in [3.05, 3.63) is 133 Å². The van der Waals surface area contributed by atoms with Gasteiger partial charge >= 0.3 is 5.97 Å². The molecule has 5 N–H and O–H groups in total. The Morgan fingerprint density at radius 2 is 1.13 bits per heavy atom. The number of aliphatic hydroxyl groups is 3. The Hall–Kier alpha value is -7.03. The number of rotatable bonds is 12. The van der Waals surface area contributed by atoms with E-state index >= 15 is 0 Å². The molecule has 0 bridgehead atoms.